The molecule has 1 heterocycles. The Morgan fingerprint density at radius 2 is 2.55 bits per heavy atom. The first-order valence-electron chi connectivity index (χ1n) is 3.37. The fourth-order valence-corrected chi connectivity index (χ4v) is 2.06. The van der Waals surface area contributed by atoms with Crippen LogP contribution in [0.25, 0.3) is 0 Å². The smallest absolute Gasteiger partial charge is 0.143 e. The molecule has 1 aromatic rings. The van der Waals surface area contributed by atoms with Crippen molar-refractivity contribution >= 4 is 33.0 Å². The maximum atomic E-state index is 10.8. The first-order chi connectivity index (χ1) is 5.20. The van der Waals surface area contributed by atoms with Crippen LogP contribution in [0.5, 0.6) is 0 Å². The zero-order valence-electron chi connectivity index (χ0n) is 6.21. The maximum Gasteiger partial charge on any atom is 0.143 e. The van der Waals surface area contributed by atoms with Gasteiger partial charge in [-0.15, -0.1) is 11.3 Å². The van der Waals surface area contributed by atoms with Gasteiger partial charge in [0.15, 0.2) is 0 Å². The van der Waals surface area contributed by atoms with Crippen LogP contribution < -0.4 is 0 Å². The van der Waals surface area contributed by atoms with E-state index in [0.717, 1.165) is 6.42 Å². The van der Waals surface area contributed by atoms with Gasteiger partial charge >= 0.3 is 0 Å². The maximum absolute atomic E-state index is 10.8. The van der Waals surface area contributed by atoms with Crippen molar-refractivity contribution in [2.45, 2.75) is 18.2 Å². The number of halogens is 1. The molecule has 0 aromatic carbocycles. The molecule has 0 saturated carbocycles. The Balaban J connectivity index is 2.50. The third-order valence-electron chi connectivity index (χ3n) is 1.40. The topological polar surface area (TPSA) is 17.1 Å². The minimum Gasteiger partial charge on any atom is -0.299 e. The second-order valence-electron chi connectivity index (χ2n) is 2.36. The molecule has 1 aromatic heterocycles. The molecule has 0 spiro atoms. The highest BCUT2D eigenvalue weighted by atomic mass is 79.9. The molecule has 0 aliphatic heterocycles. The quantitative estimate of drug-likeness (QED) is 0.733. The number of hydrogen-bond donors (Lipinski definition) is 0. The molecule has 0 bridgehead atoms. The van der Waals surface area contributed by atoms with E-state index in [0.29, 0.717) is 0 Å². The molecular formula is C8H9BrOS. The molecule has 0 N–H and O–H groups in total. The summed E-state index contributed by atoms with van der Waals surface area (Å²) in [6.07, 6.45) is 0.812. The Labute approximate surface area is 78.6 Å². The lowest BCUT2D eigenvalue weighted by Crippen LogP contribution is -2.11. The van der Waals surface area contributed by atoms with Crippen LogP contribution in [0.1, 0.15) is 11.8 Å². The van der Waals surface area contributed by atoms with Gasteiger partial charge in [0, 0.05) is 11.3 Å². The van der Waals surface area contributed by atoms with Gasteiger partial charge in [0.25, 0.3) is 0 Å². The molecule has 0 radical (unpaired) electrons. The van der Waals surface area contributed by atoms with Gasteiger partial charge in [0.2, 0.25) is 0 Å². The molecular weight excluding hydrogens is 224 g/mol. The largest absolute Gasteiger partial charge is 0.299 e. The Hall–Kier alpha value is -0.150. The summed E-state index contributed by atoms with van der Waals surface area (Å²) in [7, 11) is 0. The fraction of sp³-hybridized carbons (Fsp3) is 0.375. The molecule has 60 valence electrons. The van der Waals surface area contributed by atoms with E-state index in [4.69, 9.17) is 0 Å². The van der Waals surface area contributed by atoms with Gasteiger partial charge in [-0.2, -0.15) is 0 Å². The van der Waals surface area contributed by atoms with Crippen molar-refractivity contribution in [2.24, 2.45) is 0 Å². The third kappa shape index (κ3) is 2.75. The molecule has 0 amide bonds. The van der Waals surface area contributed by atoms with Crippen molar-refractivity contribution in [1.82, 2.24) is 0 Å². The van der Waals surface area contributed by atoms with Crippen LogP contribution in [0.4, 0.5) is 0 Å². The lowest BCUT2D eigenvalue weighted by atomic mass is 10.2. The minimum atomic E-state index is -0.0128. The summed E-state index contributed by atoms with van der Waals surface area (Å²) in [5.74, 6) is 0.193. The van der Waals surface area contributed by atoms with Crippen molar-refractivity contribution in [1.29, 1.82) is 0 Å². The summed E-state index contributed by atoms with van der Waals surface area (Å²) in [5, 5.41) is 2.02. The van der Waals surface area contributed by atoms with Crippen LogP contribution in [0.2, 0.25) is 0 Å². The van der Waals surface area contributed by atoms with E-state index in [-0.39, 0.29) is 10.6 Å². The Kier molecular flexibility index (Phi) is 3.27. The molecule has 1 unspecified atom stereocenters. The second-order valence-corrected chi connectivity index (χ2v) is 4.50. The van der Waals surface area contributed by atoms with Crippen LogP contribution in [0.3, 0.4) is 0 Å². The van der Waals surface area contributed by atoms with Gasteiger partial charge in [-0.3, -0.25) is 4.79 Å². The zero-order valence-corrected chi connectivity index (χ0v) is 8.61. The number of Topliss-reactive ketones (excluding diaryl/α,β-unsaturated/α-hetero) is 1. The average molecular weight is 233 g/mol. The summed E-state index contributed by atoms with van der Waals surface area (Å²) < 4.78 is 0. The van der Waals surface area contributed by atoms with Gasteiger partial charge in [0.05, 0.1) is 4.83 Å². The van der Waals surface area contributed by atoms with Crippen molar-refractivity contribution in [3.63, 3.8) is 0 Å². The lowest BCUT2D eigenvalue weighted by Gasteiger charge is -2.01. The zero-order chi connectivity index (χ0) is 8.27. The first kappa shape index (κ1) is 8.94. The predicted molar refractivity (Wildman–Crippen MR) is 51.4 cm³/mol. The van der Waals surface area contributed by atoms with Gasteiger partial charge in [-0.25, -0.2) is 0 Å². The normalized spacial score (nSPS) is 12.9. The molecule has 1 nitrogen and oxygen atoms in total. The summed E-state index contributed by atoms with van der Waals surface area (Å²) >= 11 is 5.01. The number of hydrogen-bond acceptors (Lipinski definition) is 2. The average Bonchev–Trinajstić information content (AvgIpc) is 2.39. The first-order valence-corrected chi connectivity index (χ1v) is 5.16. The van der Waals surface area contributed by atoms with Crippen molar-refractivity contribution in [3.05, 3.63) is 22.4 Å². The van der Waals surface area contributed by atoms with Crippen LogP contribution in [0.15, 0.2) is 17.5 Å². The summed E-state index contributed by atoms with van der Waals surface area (Å²) in [6, 6.07) is 4.04. The molecule has 0 aliphatic rings. The minimum absolute atomic E-state index is 0.0128. The van der Waals surface area contributed by atoms with Crippen molar-refractivity contribution < 1.29 is 4.79 Å². The number of carbonyl (C=O) groups is 1. The molecule has 1 atom stereocenters. The van der Waals surface area contributed by atoms with E-state index in [9.17, 15) is 4.79 Å². The summed E-state index contributed by atoms with van der Waals surface area (Å²) in [6.45, 7) is 1.60. The van der Waals surface area contributed by atoms with Crippen LogP contribution in [-0.4, -0.2) is 10.6 Å². The van der Waals surface area contributed by atoms with Gasteiger partial charge < -0.3 is 0 Å². The van der Waals surface area contributed by atoms with Crippen LogP contribution >= 0.6 is 27.3 Å². The second kappa shape index (κ2) is 4.02. The molecule has 0 aliphatic carbocycles. The van der Waals surface area contributed by atoms with Crippen molar-refractivity contribution in [3.8, 4) is 0 Å². The number of ketones is 1. The van der Waals surface area contributed by atoms with E-state index in [1.807, 2.05) is 17.5 Å². The Bertz CT molecular complexity index is 230. The number of thiophene rings is 1. The highest BCUT2D eigenvalue weighted by molar-refractivity contribution is 9.10. The highest BCUT2D eigenvalue weighted by Crippen LogP contribution is 2.15. The number of rotatable bonds is 3. The van der Waals surface area contributed by atoms with E-state index < -0.39 is 0 Å². The lowest BCUT2D eigenvalue weighted by molar-refractivity contribution is -0.116. The highest BCUT2D eigenvalue weighted by Gasteiger charge is 2.10. The van der Waals surface area contributed by atoms with Gasteiger partial charge in [0.1, 0.15) is 5.78 Å². The fourth-order valence-electron chi connectivity index (χ4n) is 0.749. The summed E-state index contributed by atoms with van der Waals surface area (Å²) in [4.78, 5) is 12.1. The van der Waals surface area contributed by atoms with Crippen LogP contribution in [0, 0.1) is 0 Å². The summed E-state index contributed by atoms with van der Waals surface area (Å²) in [5.41, 5.74) is 0. The molecule has 0 fully saturated rings. The molecule has 1 rings (SSSR count). The van der Waals surface area contributed by atoms with Crippen molar-refractivity contribution in [2.75, 3.05) is 0 Å². The molecule has 3 heteroatoms. The van der Waals surface area contributed by atoms with E-state index >= 15 is 0 Å². The van der Waals surface area contributed by atoms with E-state index in [2.05, 4.69) is 15.9 Å². The van der Waals surface area contributed by atoms with E-state index in [1.54, 1.807) is 18.3 Å². The van der Waals surface area contributed by atoms with E-state index in [1.165, 1.54) is 4.88 Å². The van der Waals surface area contributed by atoms with Gasteiger partial charge in [-0.05, 0) is 18.4 Å². The monoisotopic (exact) mass is 232 g/mol. The Morgan fingerprint density at radius 3 is 3.00 bits per heavy atom. The number of alkyl halides is 1. The predicted octanol–water partition coefficient (Wildman–Crippen LogP) is 2.64. The van der Waals surface area contributed by atoms with Crippen LogP contribution in [-0.2, 0) is 11.2 Å². The SMILES string of the molecule is CC(=O)C(Br)Cc1cccs1. The number of carbonyl (C=O) groups excluding carboxylic acids is 1. The molecule has 0 saturated heterocycles. The standard InChI is InChI=1S/C8H9BrOS/c1-6(10)8(9)5-7-3-2-4-11-7/h2-4,8H,5H2,1H3. The third-order valence-corrected chi connectivity index (χ3v) is 3.27. The molecule has 11 heavy (non-hydrogen) atoms. The van der Waals surface area contributed by atoms with Gasteiger partial charge in [-0.1, -0.05) is 22.0 Å². The Morgan fingerprint density at radius 1 is 1.82 bits per heavy atom.